The lowest BCUT2D eigenvalue weighted by Crippen LogP contribution is -2.39. The van der Waals surface area contributed by atoms with Crippen LogP contribution in [0.15, 0.2) is 24.3 Å². The Bertz CT molecular complexity index is 427. The van der Waals surface area contributed by atoms with Gasteiger partial charge < -0.3 is 10.6 Å². The third kappa shape index (κ3) is 3.57. The molecule has 0 saturated carbocycles. The summed E-state index contributed by atoms with van der Waals surface area (Å²) in [6, 6.07) is 7.41. The van der Waals surface area contributed by atoms with Gasteiger partial charge in [-0.05, 0) is 37.7 Å². The molecule has 3 heteroatoms. The van der Waals surface area contributed by atoms with E-state index in [1.807, 2.05) is 36.1 Å². The van der Waals surface area contributed by atoms with E-state index in [2.05, 4.69) is 6.92 Å². The van der Waals surface area contributed by atoms with Crippen LogP contribution in [0.3, 0.4) is 0 Å². The van der Waals surface area contributed by atoms with E-state index < -0.39 is 6.04 Å². The van der Waals surface area contributed by atoms with E-state index in [4.69, 9.17) is 5.73 Å². The second-order valence-corrected chi connectivity index (χ2v) is 5.75. The number of hydrogen-bond acceptors (Lipinski definition) is 2. The molecule has 1 aliphatic heterocycles. The molecule has 1 aromatic carbocycles. The van der Waals surface area contributed by atoms with Crippen LogP contribution in [0.1, 0.15) is 43.4 Å². The van der Waals surface area contributed by atoms with Crippen LogP contribution in [-0.2, 0) is 4.79 Å². The Labute approximate surface area is 115 Å². The van der Waals surface area contributed by atoms with Crippen molar-refractivity contribution in [3.8, 4) is 0 Å². The summed E-state index contributed by atoms with van der Waals surface area (Å²) in [5.74, 6) is 0.784. The SMILES string of the molecule is Cc1ccc(C(N)C(=O)N2CCCC(C)CC2)cc1. The van der Waals surface area contributed by atoms with Gasteiger partial charge in [-0.2, -0.15) is 0 Å². The second-order valence-electron chi connectivity index (χ2n) is 5.75. The zero-order chi connectivity index (χ0) is 13.8. The first-order valence-electron chi connectivity index (χ1n) is 7.19. The summed E-state index contributed by atoms with van der Waals surface area (Å²) in [5.41, 5.74) is 8.21. The van der Waals surface area contributed by atoms with Crippen LogP contribution in [0.2, 0.25) is 0 Å². The van der Waals surface area contributed by atoms with Crippen LogP contribution in [-0.4, -0.2) is 23.9 Å². The van der Waals surface area contributed by atoms with Crippen LogP contribution < -0.4 is 5.73 Å². The molecule has 2 N–H and O–H groups in total. The molecule has 1 aromatic rings. The Kier molecular flexibility index (Phi) is 4.59. The largest absolute Gasteiger partial charge is 0.341 e. The third-order valence-corrected chi connectivity index (χ3v) is 4.03. The van der Waals surface area contributed by atoms with E-state index in [-0.39, 0.29) is 5.91 Å². The molecule has 1 fully saturated rings. The molecule has 0 aromatic heterocycles. The molecule has 0 bridgehead atoms. The van der Waals surface area contributed by atoms with E-state index in [0.717, 1.165) is 31.5 Å². The number of amides is 1. The van der Waals surface area contributed by atoms with Gasteiger partial charge in [-0.1, -0.05) is 36.8 Å². The Morgan fingerprint density at radius 2 is 1.95 bits per heavy atom. The lowest BCUT2D eigenvalue weighted by molar-refractivity contribution is -0.132. The van der Waals surface area contributed by atoms with Crippen LogP contribution in [0.4, 0.5) is 0 Å². The maximum absolute atomic E-state index is 12.4. The first-order chi connectivity index (χ1) is 9.08. The first-order valence-corrected chi connectivity index (χ1v) is 7.19. The summed E-state index contributed by atoms with van der Waals surface area (Å²) < 4.78 is 0. The van der Waals surface area contributed by atoms with Gasteiger partial charge in [0.25, 0.3) is 0 Å². The molecular formula is C16H24N2O. The number of aryl methyl sites for hydroxylation is 1. The minimum atomic E-state index is -0.519. The summed E-state index contributed by atoms with van der Waals surface area (Å²) >= 11 is 0. The van der Waals surface area contributed by atoms with E-state index in [1.165, 1.54) is 12.0 Å². The average Bonchev–Trinajstić information content (AvgIpc) is 2.63. The fourth-order valence-corrected chi connectivity index (χ4v) is 2.60. The fourth-order valence-electron chi connectivity index (χ4n) is 2.60. The Morgan fingerprint density at radius 1 is 1.26 bits per heavy atom. The highest BCUT2D eigenvalue weighted by Crippen LogP contribution is 2.20. The normalized spacial score (nSPS) is 21.8. The quantitative estimate of drug-likeness (QED) is 0.888. The van der Waals surface area contributed by atoms with Gasteiger partial charge in [0.15, 0.2) is 0 Å². The maximum atomic E-state index is 12.4. The first kappa shape index (κ1) is 14.1. The maximum Gasteiger partial charge on any atom is 0.244 e. The number of rotatable bonds is 2. The number of carbonyl (C=O) groups excluding carboxylic acids is 1. The fraction of sp³-hybridized carbons (Fsp3) is 0.562. The molecule has 2 atom stereocenters. The molecular weight excluding hydrogens is 236 g/mol. The van der Waals surface area contributed by atoms with Crippen LogP contribution in [0.5, 0.6) is 0 Å². The summed E-state index contributed by atoms with van der Waals surface area (Å²) in [6.07, 6.45) is 3.39. The van der Waals surface area contributed by atoms with Gasteiger partial charge in [-0.3, -0.25) is 4.79 Å². The van der Waals surface area contributed by atoms with Crippen molar-refractivity contribution >= 4 is 5.91 Å². The van der Waals surface area contributed by atoms with Crippen molar-refractivity contribution in [2.45, 2.75) is 39.2 Å². The van der Waals surface area contributed by atoms with Crippen molar-refractivity contribution in [2.75, 3.05) is 13.1 Å². The third-order valence-electron chi connectivity index (χ3n) is 4.03. The molecule has 2 rings (SSSR count). The number of benzene rings is 1. The van der Waals surface area contributed by atoms with Crippen molar-refractivity contribution in [1.29, 1.82) is 0 Å². The standard InChI is InChI=1S/C16H24N2O/c1-12-4-3-10-18(11-9-12)16(19)15(17)14-7-5-13(2)6-8-14/h5-8,12,15H,3-4,9-11,17H2,1-2H3. The average molecular weight is 260 g/mol. The molecule has 3 nitrogen and oxygen atoms in total. The number of nitrogens with zero attached hydrogens (tertiary/aromatic N) is 1. The molecule has 0 spiro atoms. The number of likely N-dealkylation sites (tertiary alicyclic amines) is 1. The summed E-state index contributed by atoms with van der Waals surface area (Å²) in [5, 5.41) is 0. The summed E-state index contributed by atoms with van der Waals surface area (Å²) in [6.45, 7) is 5.99. The highest BCUT2D eigenvalue weighted by molar-refractivity contribution is 5.83. The van der Waals surface area contributed by atoms with Crippen molar-refractivity contribution < 1.29 is 4.79 Å². The smallest absolute Gasteiger partial charge is 0.244 e. The molecule has 104 valence electrons. The molecule has 1 amide bonds. The van der Waals surface area contributed by atoms with Gasteiger partial charge in [-0.25, -0.2) is 0 Å². The van der Waals surface area contributed by atoms with E-state index >= 15 is 0 Å². The van der Waals surface area contributed by atoms with E-state index in [9.17, 15) is 4.79 Å². The molecule has 19 heavy (non-hydrogen) atoms. The summed E-state index contributed by atoms with van der Waals surface area (Å²) in [4.78, 5) is 14.4. The zero-order valence-corrected chi connectivity index (χ0v) is 11.9. The lowest BCUT2D eigenvalue weighted by Gasteiger charge is -2.24. The van der Waals surface area contributed by atoms with Crippen LogP contribution in [0, 0.1) is 12.8 Å². The van der Waals surface area contributed by atoms with Gasteiger partial charge in [-0.15, -0.1) is 0 Å². The topological polar surface area (TPSA) is 46.3 Å². The zero-order valence-electron chi connectivity index (χ0n) is 11.9. The van der Waals surface area contributed by atoms with Crippen LogP contribution in [0.25, 0.3) is 0 Å². The molecule has 1 heterocycles. The van der Waals surface area contributed by atoms with Gasteiger partial charge in [0, 0.05) is 13.1 Å². The number of carbonyl (C=O) groups is 1. The van der Waals surface area contributed by atoms with E-state index in [1.54, 1.807) is 0 Å². The van der Waals surface area contributed by atoms with Gasteiger partial charge in [0.05, 0.1) is 0 Å². The molecule has 1 saturated heterocycles. The van der Waals surface area contributed by atoms with Crippen molar-refractivity contribution in [3.63, 3.8) is 0 Å². The number of nitrogens with two attached hydrogens (primary N) is 1. The predicted octanol–water partition coefficient (Wildman–Crippen LogP) is 2.64. The highest BCUT2D eigenvalue weighted by Gasteiger charge is 2.24. The summed E-state index contributed by atoms with van der Waals surface area (Å²) in [7, 11) is 0. The molecule has 2 unspecified atom stereocenters. The second kappa shape index (κ2) is 6.20. The Balaban J connectivity index is 2.04. The minimum absolute atomic E-state index is 0.0675. The van der Waals surface area contributed by atoms with Crippen molar-refractivity contribution in [1.82, 2.24) is 4.90 Å². The molecule has 1 aliphatic rings. The molecule has 0 aliphatic carbocycles. The highest BCUT2D eigenvalue weighted by atomic mass is 16.2. The number of hydrogen-bond donors (Lipinski definition) is 1. The van der Waals surface area contributed by atoms with Crippen LogP contribution >= 0.6 is 0 Å². The molecule has 0 radical (unpaired) electrons. The monoisotopic (exact) mass is 260 g/mol. The minimum Gasteiger partial charge on any atom is -0.341 e. The van der Waals surface area contributed by atoms with E-state index in [0.29, 0.717) is 5.92 Å². The Hall–Kier alpha value is -1.35. The van der Waals surface area contributed by atoms with Crippen molar-refractivity contribution in [3.05, 3.63) is 35.4 Å². The van der Waals surface area contributed by atoms with Gasteiger partial charge >= 0.3 is 0 Å². The Morgan fingerprint density at radius 3 is 2.63 bits per heavy atom. The van der Waals surface area contributed by atoms with Crippen molar-refractivity contribution in [2.24, 2.45) is 11.7 Å². The predicted molar refractivity (Wildman–Crippen MR) is 77.7 cm³/mol. The van der Waals surface area contributed by atoms with Gasteiger partial charge in [0.2, 0.25) is 5.91 Å². The lowest BCUT2D eigenvalue weighted by atomic mass is 10.0. The van der Waals surface area contributed by atoms with Gasteiger partial charge in [0.1, 0.15) is 6.04 Å².